The van der Waals surface area contributed by atoms with Crippen LogP contribution in [0.3, 0.4) is 0 Å². The van der Waals surface area contributed by atoms with Gasteiger partial charge in [-0.3, -0.25) is 4.79 Å². The number of nitrogens with zero attached hydrogens (tertiary/aromatic N) is 1. The fourth-order valence-corrected chi connectivity index (χ4v) is 4.47. The van der Waals surface area contributed by atoms with Crippen molar-refractivity contribution in [2.45, 2.75) is 6.61 Å². The van der Waals surface area contributed by atoms with Gasteiger partial charge in [0.15, 0.2) is 0 Å². The second-order valence-electron chi connectivity index (χ2n) is 6.94. The maximum absolute atomic E-state index is 12.8. The number of hydrogen-bond acceptors (Lipinski definition) is 6. The molecule has 0 spiro atoms. The van der Waals surface area contributed by atoms with Crippen LogP contribution in [0.25, 0.3) is 11.1 Å². The lowest BCUT2D eigenvalue weighted by molar-refractivity contribution is 0.0478. The van der Waals surface area contributed by atoms with Gasteiger partial charge in [-0.05, 0) is 29.3 Å². The Morgan fingerprint density at radius 1 is 1.03 bits per heavy atom. The van der Waals surface area contributed by atoms with Crippen LogP contribution in [0.15, 0.2) is 60.7 Å². The van der Waals surface area contributed by atoms with E-state index in [2.05, 4.69) is 4.90 Å². The zero-order valence-corrected chi connectivity index (χ0v) is 17.2. The fraction of sp³-hybridized carbons (Fsp3) is 0.217. The van der Waals surface area contributed by atoms with Crippen LogP contribution < -0.4 is 10.6 Å². The van der Waals surface area contributed by atoms with Crippen molar-refractivity contribution >= 4 is 28.2 Å². The first-order chi connectivity index (χ1) is 14.6. The summed E-state index contributed by atoms with van der Waals surface area (Å²) >= 11 is 1.43. The topological polar surface area (TPSA) is 81.9 Å². The first-order valence-electron chi connectivity index (χ1n) is 9.69. The molecular formula is C23H22N2O4S. The molecule has 0 saturated carbocycles. The van der Waals surface area contributed by atoms with Crippen molar-refractivity contribution in [3.63, 3.8) is 0 Å². The second kappa shape index (κ2) is 9.11. The number of esters is 1. The Hall–Kier alpha value is -3.16. The number of hydrogen-bond donors (Lipinski definition) is 1. The van der Waals surface area contributed by atoms with Crippen LogP contribution in [-0.2, 0) is 16.1 Å². The van der Waals surface area contributed by atoms with Crippen molar-refractivity contribution in [1.29, 1.82) is 0 Å². The fourth-order valence-electron chi connectivity index (χ4n) is 3.34. The van der Waals surface area contributed by atoms with Gasteiger partial charge in [-0.1, -0.05) is 42.5 Å². The molecule has 0 radical (unpaired) electrons. The van der Waals surface area contributed by atoms with Gasteiger partial charge in [0.05, 0.1) is 18.2 Å². The van der Waals surface area contributed by atoms with Crippen LogP contribution in [0, 0.1) is 0 Å². The average Bonchev–Trinajstić information content (AvgIpc) is 3.24. The highest BCUT2D eigenvalue weighted by Gasteiger charge is 2.22. The Labute approximate surface area is 178 Å². The molecule has 0 atom stereocenters. The number of carbonyl (C=O) groups excluding carboxylic acids is 2. The molecule has 1 aliphatic heterocycles. The third-order valence-corrected chi connectivity index (χ3v) is 6.05. The van der Waals surface area contributed by atoms with Gasteiger partial charge in [0.1, 0.15) is 11.5 Å². The number of anilines is 1. The third kappa shape index (κ3) is 4.53. The van der Waals surface area contributed by atoms with E-state index in [0.717, 1.165) is 29.2 Å². The van der Waals surface area contributed by atoms with E-state index < -0.39 is 5.91 Å². The standard InChI is InChI=1S/C23H22N2O4S/c24-21(26)18-8-4-5-16(13-18)15-29-23(27)20-14-19(17-6-2-1-3-7-17)22(30-20)25-9-11-28-12-10-25/h1-8,13-14H,9-12,15H2,(H2,24,26). The Bertz CT molecular complexity index is 1040. The molecule has 4 rings (SSSR count). The summed E-state index contributed by atoms with van der Waals surface area (Å²) < 4.78 is 11.0. The molecule has 1 aromatic heterocycles. The third-order valence-electron chi connectivity index (χ3n) is 4.88. The Morgan fingerprint density at radius 2 is 1.80 bits per heavy atom. The normalized spacial score (nSPS) is 13.8. The maximum Gasteiger partial charge on any atom is 0.348 e. The molecular weight excluding hydrogens is 400 g/mol. The van der Waals surface area contributed by atoms with E-state index in [0.29, 0.717) is 29.2 Å². The first-order valence-corrected chi connectivity index (χ1v) is 10.5. The summed E-state index contributed by atoms with van der Waals surface area (Å²) in [5.41, 5.74) is 8.50. The molecule has 1 aliphatic rings. The SMILES string of the molecule is NC(=O)c1cccc(COC(=O)c2cc(-c3ccccc3)c(N3CCOCC3)s2)c1. The van der Waals surface area contributed by atoms with Crippen molar-refractivity contribution < 1.29 is 19.1 Å². The summed E-state index contributed by atoms with van der Waals surface area (Å²) in [4.78, 5) is 26.9. The molecule has 154 valence electrons. The van der Waals surface area contributed by atoms with Crippen LogP contribution in [0.5, 0.6) is 0 Å². The minimum Gasteiger partial charge on any atom is -0.457 e. The van der Waals surface area contributed by atoms with Gasteiger partial charge in [0.25, 0.3) is 0 Å². The van der Waals surface area contributed by atoms with E-state index >= 15 is 0 Å². The molecule has 0 bridgehead atoms. The minimum atomic E-state index is -0.510. The smallest absolute Gasteiger partial charge is 0.348 e. The highest BCUT2D eigenvalue weighted by molar-refractivity contribution is 7.18. The van der Waals surface area contributed by atoms with Gasteiger partial charge in [-0.15, -0.1) is 11.3 Å². The predicted molar refractivity (Wildman–Crippen MR) is 117 cm³/mol. The zero-order chi connectivity index (χ0) is 20.9. The van der Waals surface area contributed by atoms with Gasteiger partial charge in [0, 0.05) is 24.2 Å². The largest absolute Gasteiger partial charge is 0.457 e. The van der Waals surface area contributed by atoms with Crippen molar-refractivity contribution in [3.8, 4) is 11.1 Å². The molecule has 30 heavy (non-hydrogen) atoms. The molecule has 7 heteroatoms. The number of rotatable bonds is 6. The predicted octanol–water partition coefficient (Wildman–Crippen LogP) is 3.71. The van der Waals surface area contributed by atoms with Crippen molar-refractivity contribution in [1.82, 2.24) is 0 Å². The van der Waals surface area contributed by atoms with E-state index in [9.17, 15) is 9.59 Å². The molecule has 1 amide bonds. The highest BCUT2D eigenvalue weighted by Crippen LogP contribution is 2.39. The van der Waals surface area contributed by atoms with Crippen molar-refractivity contribution in [2.24, 2.45) is 5.73 Å². The second-order valence-corrected chi connectivity index (χ2v) is 7.97. The Kier molecular flexibility index (Phi) is 6.11. The summed E-state index contributed by atoms with van der Waals surface area (Å²) in [6.45, 7) is 2.99. The number of morpholine rings is 1. The number of primary amides is 1. The zero-order valence-electron chi connectivity index (χ0n) is 16.4. The monoisotopic (exact) mass is 422 g/mol. The number of ether oxygens (including phenoxy) is 2. The van der Waals surface area contributed by atoms with Crippen LogP contribution in [0.4, 0.5) is 5.00 Å². The number of carbonyl (C=O) groups is 2. The molecule has 2 N–H and O–H groups in total. The molecule has 2 aromatic carbocycles. The molecule has 1 fully saturated rings. The lowest BCUT2D eigenvalue weighted by Crippen LogP contribution is -2.35. The van der Waals surface area contributed by atoms with Crippen LogP contribution in [-0.4, -0.2) is 38.2 Å². The first kappa shape index (κ1) is 20.1. The molecule has 3 aromatic rings. The summed E-state index contributed by atoms with van der Waals surface area (Å²) in [6.07, 6.45) is 0. The van der Waals surface area contributed by atoms with Crippen LogP contribution in [0.1, 0.15) is 25.6 Å². The maximum atomic E-state index is 12.8. The lowest BCUT2D eigenvalue weighted by atomic mass is 10.1. The van der Waals surface area contributed by atoms with Crippen molar-refractivity contribution in [3.05, 3.63) is 76.7 Å². The van der Waals surface area contributed by atoms with Gasteiger partial charge in [0.2, 0.25) is 5.91 Å². The molecule has 2 heterocycles. The van der Waals surface area contributed by atoms with E-state index in [4.69, 9.17) is 15.2 Å². The number of thiophene rings is 1. The van der Waals surface area contributed by atoms with Gasteiger partial charge in [-0.2, -0.15) is 0 Å². The number of nitrogens with two attached hydrogens (primary N) is 1. The Balaban J connectivity index is 1.56. The number of benzene rings is 2. The van der Waals surface area contributed by atoms with Crippen LogP contribution >= 0.6 is 11.3 Å². The van der Waals surface area contributed by atoms with E-state index in [1.807, 2.05) is 36.4 Å². The average molecular weight is 423 g/mol. The molecule has 1 saturated heterocycles. The summed E-state index contributed by atoms with van der Waals surface area (Å²) in [5, 5.41) is 1.05. The lowest BCUT2D eigenvalue weighted by Gasteiger charge is -2.28. The van der Waals surface area contributed by atoms with E-state index in [-0.39, 0.29) is 12.6 Å². The van der Waals surface area contributed by atoms with E-state index in [1.165, 1.54) is 11.3 Å². The van der Waals surface area contributed by atoms with E-state index in [1.54, 1.807) is 24.3 Å². The van der Waals surface area contributed by atoms with Crippen LogP contribution in [0.2, 0.25) is 0 Å². The van der Waals surface area contributed by atoms with Gasteiger partial charge < -0.3 is 20.1 Å². The molecule has 0 aliphatic carbocycles. The molecule has 6 nitrogen and oxygen atoms in total. The van der Waals surface area contributed by atoms with Crippen molar-refractivity contribution in [2.75, 3.05) is 31.2 Å². The summed E-state index contributed by atoms with van der Waals surface area (Å²) in [6, 6.07) is 18.7. The summed E-state index contributed by atoms with van der Waals surface area (Å²) in [7, 11) is 0. The quantitative estimate of drug-likeness (QED) is 0.613. The minimum absolute atomic E-state index is 0.0748. The Morgan fingerprint density at radius 3 is 2.53 bits per heavy atom. The highest BCUT2D eigenvalue weighted by atomic mass is 32.1. The van der Waals surface area contributed by atoms with Gasteiger partial charge >= 0.3 is 5.97 Å². The molecule has 0 unspecified atom stereocenters. The van der Waals surface area contributed by atoms with Gasteiger partial charge in [-0.25, -0.2) is 4.79 Å². The summed E-state index contributed by atoms with van der Waals surface area (Å²) in [5.74, 6) is -0.898. The number of amides is 1.